The minimum absolute atomic E-state index is 0.806. The van der Waals surface area contributed by atoms with E-state index in [-0.39, 0.29) is 0 Å². The summed E-state index contributed by atoms with van der Waals surface area (Å²) in [6, 6.07) is 8.07. The summed E-state index contributed by atoms with van der Waals surface area (Å²) in [5, 5.41) is 4.55. The van der Waals surface area contributed by atoms with Gasteiger partial charge in [-0.05, 0) is 37.5 Å². The molecule has 0 saturated carbocycles. The molecular formula is C18H22N4O. The zero-order chi connectivity index (χ0) is 16.2. The van der Waals surface area contributed by atoms with Crippen molar-refractivity contribution >= 4 is 16.7 Å². The molecule has 2 heterocycles. The zero-order valence-electron chi connectivity index (χ0n) is 13.8. The Kier molecular flexibility index (Phi) is 4.46. The number of hydrogen-bond acceptors (Lipinski definition) is 4. The lowest BCUT2D eigenvalue weighted by Crippen LogP contribution is -2.08. The smallest absolute Gasteiger partial charge is 0.129 e. The van der Waals surface area contributed by atoms with Crippen LogP contribution in [0.4, 0.5) is 5.82 Å². The van der Waals surface area contributed by atoms with Crippen molar-refractivity contribution in [3.05, 3.63) is 47.5 Å². The first-order valence-electron chi connectivity index (χ1n) is 7.92. The molecule has 1 aromatic carbocycles. The summed E-state index contributed by atoms with van der Waals surface area (Å²) in [6.45, 7) is 4.84. The lowest BCUT2D eigenvalue weighted by molar-refractivity contribution is 0.419. The SMILES string of the molecule is CCc1cc(NCCc2c[nH]c3cccc(OC)c23)nc(C)n1. The summed E-state index contributed by atoms with van der Waals surface area (Å²) in [5.41, 5.74) is 3.41. The van der Waals surface area contributed by atoms with Crippen LogP contribution in [0.3, 0.4) is 0 Å². The lowest BCUT2D eigenvalue weighted by atomic mass is 10.1. The number of aromatic nitrogens is 3. The number of aryl methyl sites for hydroxylation is 2. The summed E-state index contributed by atoms with van der Waals surface area (Å²) in [5.74, 6) is 2.60. The van der Waals surface area contributed by atoms with E-state index in [0.29, 0.717) is 0 Å². The van der Waals surface area contributed by atoms with Crippen molar-refractivity contribution in [1.29, 1.82) is 0 Å². The van der Waals surface area contributed by atoms with E-state index in [0.717, 1.165) is 53.4 Å². The van der Waals surface area contributed by atoms with Gasteiger partial charge in [-0.1, -0.05) is 13.0 Å². The number of ether oxygens (including phenoxy) is 1. The number of nitrogens with one attached hydrogen (secondary N) is 2. The fourth-order valence-electron chi connectivity index (χ4n) is 2.81. The number of hydrogen-bond donors (Lipinski definition) is 2. The molecule has 0 amide bonds. The first kappa shape index (κ1) is 15.3. The molecule has 5 nitrogen and oxygen atoms in total. The maximum absolute atomic E-state index is 5.48. The Morgan fingerprint density at radius 2 is 2.13 bits per heavy atom. The highest BCUT2D eigenvalue weighted by Gasteiger charge is 2.09. The maximum atomic E-state index is 5.48. The third-order valence-electron chi connectivity index (χ3n) is 3.92. The Hall–Kier alpha value is -2.56. The number of anilines is 1. The Morgan fingerprint density at radius 1 is 1.26 bits per heavy atom. The fraction of sp³-hybridized carbons (Fsp3) is 0.333. The minimum Gasteiger partial charge on any atom is -0.496 e. The van der Waals surface area contributed by atoms with Gasteiger partial charge in [0.2, 0.25) is 0 Å². The number of benzene rings is 1. The van der Waals surface area contributed by atoms with Gasteiger partial charge in [-0.25, -0.2) is 9.97 Å². The van der Waals surface area contributed by atoms with Crippen molar-refractivity contribution in [2.45, 2.75) is 26.7 Å². The molecular weight excluding hydrogens is 288 g/mol. The van der Waals surface area contributed by atoms with Crippen LogP contribution in [-0.2, 0) is 12.8 Å². The largest absolute Gasteiger partial charge is 0.496 e. The topological polar surface area (TPSA) is 62.8 Å². The van der Waals surface area contributed by atoms with E-state index in [1.54, 1.807) is 7.11 Å². The van der Waals surface area contributed by atoms with Crippen molar-refractivity contribution in [1.82, 2.24) is 15.0 Å². The summed E-state index contributed by atoms with van der Waals surface area (Å²) in [6.07, 6.45) is 3.86. The van der Waals surface area contributed by atoms with Gasteiger partial charge in [-0.3, -0.25) is 0 Å². The molecule has 0 bridgehead atoms. The molecule has 0 saturated heterocycles. The minimum atomic E-state index is 0.806. The van der Waals surface area contributed by atoms with E-state index < -0.39 is 0 Å². The van der Waals surface area contributed by atoms with Crippen LogP contribution in [0.15, 0.2) is 30.5 Å². The molecule has 5 heteroatoms. The van der Waals surface area contributed by atoms with E-state index in [9.17, 15) is 0 Å². The molecule has 0 aliphatic rings. The molecule has 120 valence electrons. The molecule has 0 atom stereocenters. The normalized spacial score (nSPS) is 10.9. The number of aromatic amines is 1. The predicted molar refractivity (Wildman–Crippen MR) is 93.2 cm³/mol. The number of rotatable bonds is 6. The number of H-pyrrole nitrogens is 1. The van der Waals surface area contributed by atoms with Crippen LogP contribution < -0.4 is 10.1 Å². The predicted octanol–water partition coefficient (Wildman–Crippen LogP) is 3.49. The van der Waals surface area contributed by atoms with Crippen LogP contribution in [0.2, 0.25) is 0 Å². The van der Waals surface area contributed by atoms with Crippen LogP contribution in [0, 0.1) is 6.92 Å². The standard InChI is InChI=1S/C18H22N4O/c1-4-14-10-17(22-12(2)21-14)19-9-8-13-11-20-15-6-5-7-16(23-3)18(13)15/h5-7,10-11,20H,4,8-9H2,1-3H3,(H,19,21,22). The molecule has 2 N–H and O–H groups in total. The number of methoxy groups -OCH3 is 1. The fourth-order valence-corrected chi connectivity index (χ4v) is 2.81. The molecule has 0 aliphatic carbocycles. The van der Waals surface area contributed by atoms with Gasteiger partial charge in [0.1, 0.15) is 17.4 Å². The van der Waals surface area contributed by atoms with Crippen LogP contribution in [0.5, 0.6) is 5.75 Å². The average Bonchev–Trinajstić information content (AvgIpc) is 2.97. The first-order valence-corrected chi connectivity index (χ1v) is 7.92. The monoisotopic (exact) mass is 310 g/mol. The van der Waals surface area contributed by atoms with Crippen LogP contribution >= 0.6 is 0 Å². The van der Waals surface area contributed by atoms with Crippen molar-refractivity contribution in [2.24, 2.45) is 0 Å². The Morgan fingerprint density at radius 3 is 2.91 bits per heavy atom. The van der Waals surface area contributed by atoms with E-state index in [4.69, 9.17) is 4.74 Å². The Labute approximate surface area is 136 Å². The van der Waals surface area contributed by atoms with Gasteiger partial charge in [-0.15, -0.1) is 0 Å². The second-order valence-corrected chi connectivity index (χ2v) is 5.52. The molecule has 2 aromatic heterocycles. The highest BCUT2D eigenvalue weighted by Crippen LogP contribution is 2.28. The quantitative estimate of drug-likeness (QED) is 0.731. The highest BCUT2D eigenvalue weighted by atomic mass is 16.5. The van der Waals surface area contributed by atoms with Crippen molar-refractivity contribution in [2.75, 3.05) is 19.0 Å². The van der Waals surface area contributed by atoms with Gasteiger partial charge < -0.3 is 15.0 Å². The van der Waals surface area contributed by atoms with Crippen molar-refractivity contribution in [3.63, 3.8) is 0 Å². The van der Waals surface area contributed by atoms with Gasteiger partial charge in [0.15, 0.2) is 0 Å². The highest BCUT2D eigenvalue weighted by molar-refractivity contribution is 5.89. The van der Waals surface area contributed by atoms with Crippen molar-refractivity contribution < 1.29 is 4.74 Å². The van der Waals surface area contributed by atoms with Gasteiger partial charge in [0.25, 0.3) is 0 Å². The molecule has 0 fully saturated rings. The molecule has 0 radical (unpaired) electrons. The summed E-state index contributed by atoms with van der Waals surface area (Å²) < 4.78 is 5.48. The van der Waals surface area contributed by atoms with E-state index in [2.05, 4.69) is 39.5 Å². The van der Waals surface area contributed by atoms with E-state index in [1.807, 2.05) is 25.1 Å². The average molecular weight is 310 g/mol. The van der Waals surface area contributed by atoms with Gasteiger partial charge in [0.05, 0.1) is 7.11 Å². The summed E-state index contributed by atoms with van der Waals surface area (Å²) >= 11 is 0. The third-order valence-corrected chi connectivity index (χ3v) is 3.92. The maximum Gasteiger partial charge on any atom is 0.129 e. The summed E-state index contributed by atoms with van der Waals surface area (Å²) in [4.78, 5) is 12.1. The zero-order valence-corrected chi connectivity index (χ0v) is 13.8. The third kappa shape index (κ3) is 3.28. The van der Waals surface area contributed by atoms with Gasteiger partial charge in [-0.2, -0.15) is 0 Å². The number of fused-ring (bicyclic) bond motifs is 1. The molecule has 0 aliphatic heterocycles. The molecule has 23 heavy (non-hydrogen) atoms. The lowest BCUT2D eigenvalue weighted by Gasteiger charge is -2.08. The van der Waals surface area contributed by atoms with Gasteiger partial charge >= 0.3 is 0 Å². The second-order valence-electron chi connectivity index (χ2n) is 5.52. The van der Waals surface area contributed by atoms with Crippen molar-refractivity contribution in [3.8, 4) is 5.75 Å². The van der Waals surface area contributed by atoms with Crippen LogP contribution in [-0.4, -0.2) is 28.6 Å². The second kappa shape index (κ2) is 6.69. The molecule has 0 spiro atoms. The molecule has 0 unspecified atom stereocenters. The summed E-state index contributed by atoms with van der Waals surface area (Å²) in [7, 11) is 1.71. The first-order chi connectivity index (χ1) is 11.2. The number of nitrogens with zero attached hydrogens (tertiary/aromatic N) is 2. The van der Waals surface area contributed by atoms with E-state index >= 15 is 0 Å². The van der Waals surface area contributed by atoms with Gasteiger partial charge in [0, 0.05) is 35.4 Å². The van der Waals surface area contributed by atoms with Crippen LogP contribution in [0.25, 0.3) is 10.9 Å². The Balaban J connectivity index is 1.73. The molecule has 3 rings (SSSR count). The Bertz CT molecular complexity index is 810. The van der Waals surface area contributed by atoms with Crippen LogP contribution in [0.1, 0.15) is 24.0 Å². The molecule has 3 aromatic rings. The van der Waals surface area contributed by atoms with E-state index in [1.165, 1.54) is 5.56 Å².